The number of rotatable bonds is 5. The normalized spacial score (nSPS) is 18.1. The van der Waals surface area contributed by atoms with E-state index in [0.717, 1.165) is 17.5 Å². The molecule has 2 amide bonds. The lowest BCUT2D eigenvalue weighted by molar-refractivity contribution is -0.129. The molecule has 0 spiro atoms. The van der Waals surface area contributed by atoms with Gasteiger partial charge in [0.25, 0.3) is 0 Å². The standard InChI is InChI=1S/C21H23NO3/c1-3-16(18-11-7-8-15(2)12-18)13-20(23)22-19(14-25-21(22)24)17-9-5-4-6-10-17/h4-12,16,19H,3,13-14H2,1-2H3/t16-,19-/m1/s1. The molecule has 0 aromatic heterocycles. The van der Waals surface area contributed by atoms with Gasteiger partial charge in [-0.05, 0) is 30.4 Å². The van der Waals surface area contributed by atoms with Crippen molar-refractivity contribution in [1.29, 1.82) is 0 Å². The Hall–Kier alpha value is -2.62. The van der Waals surface area contributed by atoms with Crippen molar-refractivity contribution in [3.8, 4) is 0 Å². The third kappa shape index (κ3) is 3.73. The van der Waals surface area contributed by atoms with E-state index in [-0.39, 0.29) is 24.5 Å². The predicted molar refractivity (Wildman–Crippen MR) is 96.2 cm³/mol. The Morgan fingerprint density at radius 1 is 1.20 bits per heavy atom. The summed E-state index contributed by atoms with van der Waals surface area (Å²) in [6.07, 6.45) is 0.602. The Labute approximate surface area is 148 Å². The molecular formula is C21H23NO3. The average molecular weight is 337 g/mol. The van der Waals surface area contributed by atoms with Crippen LogP contribution in [0.5, 0.6) is 0 Å². The number of hydrogen-bond donors (Lipinski definition) is 0. The molecule has 3 rings (SSSR count). The minimum Gasteiger partial charge on any atom is -0.446 e. The van der Waals surface area contributed by atoms with Gasteiger partial charge in [-0.3, -0.25) is 4.79 Å². The van der Waals surface area contributed by atoms with Crippen molar-refractivity contribution in [2.45, 2.75) is 38.6 Å². The Morgan fingerprint density at radius 2 is 1.96 bits per heavy atom. The molecule has 130 valence electrons. The fraction of sp³-hybridized carbons (Fsp3) is 0.333. The van der Waals surface area contributed by atoms with Crippen molar-refractivity contribution in [2.75, 3.05) is 6.61 Å². The summed E-state index contributed by atoms with van der Waals surface area (Å²) in [5, 5.41) is 0. The van der Waals surface area contributed by atoms with Crippen LogP contribution >= 0.6 is 0 Å². The molecule has 4 heteroatoms. The number of aryl methyl sites for hydroxylation is 1. The number of cyclic esters (lactones) is 1. The third-order valence-corrected chi connectivity index (χ3v) is 4.75. The lowest BCUT2D eigenvalue weighted by Crippen LogP contribution is -2.35. The van der Waals surface area contributed by atoms with E-state index in [0.29, 0.717) is 6.42 Å². The van der Waals surface area contributed by atoms with E-state index in [1.54, 1.807) is 0 Å². The molecule has 4 nitrogen and oxygen atoms in total. The Kier molecular flexibility index (Phi) is 5.17. The minimum absolute atomic E-state index is 0.0947. The topological polar surface area (TPSA) is 46.6 Å². The largest absolute Gasteiger partial charge is 0.446 e. The molecule has 1 aliphatic rings. The van der Waals surface area contributed by atoms with Crippen LogP contribution in [0, 0.1) is 6.92 Å². The summed E-state index contributed by atoms with van der Waals surface area (Å²) in [6.45, 7) is 4.33. The van der Waals surface area contributed by atoms with Gasteiger partial charge in [0, 0.05) is 6.42 Å². The van der Waals surface area contributed by atoms with Crippen molar-refractivity contribution < 1.29 is 14.3 Å². The van der Waals surface area contributed by atoms with Crippen LogP contribution in [0.4, 0.5) is 4.79 Å². The molecule has 1 saturated heterocycles. The Bertz CT molecular complexity index is 757. The first kappa shape index (κ1) is 17.2. The number of nitrogens with zero attached hydrogens (tertiary/aromatic N) is 1. The Morgan fingerprint density at radius 3 is 2.64 bits per heavy atom. The molecule has 0 saturated carbocycles. The van der Waals surface area contributed by atoms with E-state index in [4.69, 9.17) is 4.74 Å². The minimum atomic E-state index is -0.544. The molecule has 2 atom stereocenters. The maximum Gasteiger partial charge on any atom is 0.417 e. The molecule has 2 aromatic rings. The number of carbonyl (C=O) groups is 2. The van der Waals surface area contributed by atoms with Crippen LogP contribution in [0.15, 0.2) is 54.6 Å². The van der Waals surface area contributed by atoms with Gasteiger partial charge in [-0.1, -0.05) is 67.1 Å². The van der Waals surface area contributed by atoms with Crippen molar-refractivity contribution in [2.24, 2.45) is 0 Å². The smallest absolute Gasteiger partial charge is 0.417 e. The lowest BCUT2D eigenvalue weighted by atomic mass is 9.91. The summed E-state index contributed by atoms with van der Waals surface area (Å²) in [5.41, 5.74) is 3.23. The van der Waals surface area contributed by atoms with E-state index >= 15 is 0 Å². The first-order chi connectivity index (χ1) is 12.1. The van der Waals surface area contributed by atoms with Crippen LogP contribution < -0.4 is 0 Å². The van der Waals surface area contributed by atoms with Crippen LogP contribution in [0.25, 0.3) is 0 Å². The molecule has 1 heterocycles. The maximum absolute atomic E-state index is 12.9. The maximum atomic E-state index is 12.9. The SMILES string of the molecule is CC[C@H](CC(=O)N1C(=O)OC[C@@H]1c1ccccc1)c1cccc(C)c1. The lowest BCUT2D eigenvalue weighted by Gasteiger charge is -2.23. The van der Waals surface area contributed by atoms with Gasteiger partial charge in [0.2, 0.25) is 5.91 Å². The van der Waals surface area contributed by atoms with Crippen molar-refractivity contribution in [3.05, 3.63) is 71.3 Å². The quantitative estimate of drug-likeness (QED) is 0.801. The zero-order valence-electron chi connectivity index (χ0n) is 14.6. The third-order valence-electron chi connectivity index (χ3n) is 4.75. The summed E-state index contributed by atoms with van der Waals surface area (Å²) in [4.78, 5) is 26.3. The molecular weight excluding hydrogens is 314 g/mol. The molecule has 0 bridgehead atoms. The molecule has 1 aliphatic heterocycles. The van der Waals surface area contributed by atoms with E-state index in [1.807, 2.05) is 55.5 Å². The highest BCUT2D eigenvalue weighted by Crippen LogP contribution is 2.31. The zero-order valence-corrected chi connectivity index (χ0v) is 14.6. The first-order valence-electron chi connectivity index (χ1n) is 8.70. The summed E-state index contributed by atoms with van der Waals surface area (Å²) < 4.78 is 5.16. The second-order valence-corrected chi connectivity index (χ2v) is 6.49. The summed E-state index contributed by atoms with van der Waals surface area (Å²) in [6, 6.07) is 17.4. The van der Waals surface area contributed by atoms with Crippen LogP contribution in [0.2, 0.25) is 0 Å². The van der Waals surface area contributed by atoms with Gasteiger partial charge >= 0.3 is 6.09 Å². The van der Waals surface area contributed by atoms with Gasteiger partial charge in [-0.2, -0.15) is 0 Å². The van der Waals surface area contributed by atoms with E-state index in [2.05, 4.69) is 13.0 Å². The monoisotopic (exact) mass is 337 g/mol. The van der Waals surface area contributed by atoms with Crippen LogP contribution in [-0.4, -0.2) is 23.5 Å². The van der Waals surface area contributed by atoms with E-state index in [9.17, 15) is 9.59 Å². The Balaban J connectivity index is 1.79. The van der Waals surface area contributed by atoms with Crippen molar-refractivity contribution >= 4 is 12.0 Å². The van der Waals surface area contributed by atoms with E-state index in [1.165, 1.54) is 10.5 Å². The summed E-state index contributed by atoms with van der Waals surface area (Å²) in [5.74, 6) is -0.0815. The highest BCUT2D eigenvalue weighted by Gasteiger charge is 2.39. The second kappa shape index (κ2) is 7.51. The molecule has 25 heavy (non-hydrogen) atoms. The van der Waals surface area contributed by atoms with Gasteiger partial charge < -0.3 is 4.74 Å². The fourth-order valence-electron chi connectivity index (χ4n) is 3.35. The van der Waals surface area contributed by atoms with Crippen LogP contribution in [-0.2, 0) is 9.53 Å². The molecule has 0 aliphatic carbocycles. The summed E-state index contributed by atoms with van der Waals surface area (Å²) >= 11 is 0. The highest BCUT2D eigenvalue weighted by atomic mass is 16.6. The highest BCUT2D eigenvalue weighted by molar-refractivity contribution is 5.94. The van der Waals surface area contributed by atoms with Gasteiger partial charge in [0.05, 0.1) is 0 Å². The average Bonchev–Trinajstić information content (AvgIpc) is 3.02. The zero-order chi connectivity index (χ0) is 17.8. The molecule has 1 fully saturated rings. The van der Waals surface area contributed by atoms with Gasteiger partial charge in [-0.15, -0.1) is 0 Å². The van der Waals surface area contributed by atoms with Crippen LogP contribution in [0.1, 0.15) is 48.4 Å². The van der Waals surface area contributed by atoms with Gasteiger partial charge in [-0.25, -0.2) is 9.69 Å². The van der Waals surface area contributed by atoms with Crippen LogP contribution in [0.3, 0.4) is 0 Å². The first-order valence-corrected chi connectivity index (χ1v) is 8.70. The number of hydrogen-bond acceptors (Lipinski definition) is 3. The predicted octanol–water partition coefficient (Wildman–Crippen LogP) is 4.60. The van der Waals surface area contributed by atoms with Gasteiger partial charge in [0.15, 0.2) is 0 Å². The van der Waals surface area contributed by atoms with Gasteiger partial charge in [0.1, 0.15) is 12.6 Å². The van der Waals surface area contributed by atoms with Crippen molar-refractivity contribution in [3.63, 3.8) is 0 Å². The van der Waals surface area contributed by atoms with E-state index < -0.39 is 6.09 Å². The number of amides is 2. The molecule has 0 N–H and O–H groups in total. The number of benzene rings is 2. The second-order valence-electron chi connectivity index (χ2n) is 6.49. The fourth-order valence-corrected chi connectivity index (χ4v) is 3.35. The van der Waals surface area contributed by atoms with Crippen molar-refractivity contribution in [1.82, 2.24) is 4.90 Å². The molecule has 2 aromatic carbocycles. The molecule has 0 unspecified atom stereocenters. The number of ether oxygens (including phenoxy) is 1. The number of carbonyl (C=O) groups excluding carboxylic acids is 2. The molecule has 0 radical (unpaired) electrons. The summed E-state index contributed by atoms with van der Waals surface area (Å²) in [7, 11) is 0. The number of imide groups is 1.